The van der Waals surface area contributed by atoms with Gasteiger partial charge in [0.15, 0.2) is 0 Å². The zero-order valence-corrected chi connectivity index (χ0v) is 12.2. The Balaban J connectivity index is 2.33. The number of anilines is 1. The molecule has 0 amide bonds. The van der Waals surface area contributed by atoms with E-state index in [1.807, 2.05) is 11.8 Å². The van der Waals surface area contributed by atoms with Gasteiger partial charge < -0.3 is 14.7 Å². The lowest BCUT2D eigenvalue weighted by Crippen LogP contribution is -2.48. The van der Waals surface area contributed by atoms with Crippen LogP contribution in [-0.4, -0.2) is 40.7 Å². The average Bonchev–Trinajstić information content (AvgIpc) is 2.47. The summed E-state index contributed by atoms with van der Waals surface area (Å²) in [7, 11) is 1.55. The number of hydrogen-bond acceptors (Lipinski definition) is 5. The van der Waals surface area contributed by atoms with Crippen LogP contribution in [0.25, 0.3) is 0 Å². The zero-order valence-electron chi connectivity index (χ0n) is 12.2. The van der Waals surface area contributed by atoms with Crippen molar-refractivity contribution < 1.29 is 14.6 Å². The third-order valence-corrected chi connectivity index (χ3v) is 4.05. The van der Waals surface area contributed by atoms with Crippen LogP contribution in [0.1, 0.15) is 31.7 Å². The molecule has 6 heteroatoms. The first-order valence-corrected chi connectivity index (χ1v) is 6.93. The van der Waals surface area contributed by atoms with Crippen molar-refractivity contribution in [2.45, 2.75) is 39.2 Å². The standard InChI is InChI=1S/C14H21N3O3/c1-4-10-5-6-17(11(7-10)14(18)19)12-9(2)13(20-3)16-8-15-12/h8,10-11H,4-7H2,1-3H3,(H,18,19). The van der Waals surface area contributed by atoms with E-state index in [2.05, 4.69) is 16.9 Å². The highest BCUT2D eigenvalue weighted by Gasteiger charge is 2.34. The topological polar surface area (TPSA) is 75.5 Å². The van der Waals surface area contributed by atoms with Gasteiger partial charge >= 0.3 is 5.97 Å². The molecule has 1 N–H and O–H groups in total. The number of aromatic nitrogens is 2. The molecule has 0 aliphatic carbocycles. The van der Waals surface area contributed by atoms with Crippen molar-refractivity contribution in [1.29, 1.82) is 0 Å². The largest absolute Gasteiger partial charge is 0.481 e. The second-order valence-corrected chi connectivity index (χ2v) is 5.18. The fourth-order valence-electron chi connectivity index (χ4n) is 2.82. The van der Waals surface area contributed by atoms with E-state index in [1.165, 1.54) is 6.33 Å². The summed E-state index contributed by atoms with van der Waals surface area (Å²) >= 11 is 0. The monoisotopic (exact) mass is 279 g/mol. The van der Waals surface area contributed by atoms with Crippen molar-refractivity contribution in [3.63, 3.8) is 0 Å². The van der Waals surface area contributed by atoms with Crippen molar-refractivity contribution in [3.05, 3.63) is 11.9 Å². The molecular formula is C14H21N3O3. The second-order valence-electron chi connectivity index (χ2n) is 5.18. The fraction of sp³-hybridized carbons (Fsp3) is 0.643. The van der Waals surface area contributed by atoms with Gasteiger partial charge in [0.25, 0.3) is 0 Å². The average molecular weight is 279 g/mol. The molecule has 1 aliphatic rings. The van der Waals surface area contributed by atoms with Gasteiger partial charge in [-0.2, -0.15) is 0 Å². The van der Waals surface area contributed by atoms with E-state index in [0.717, 1.165) is 18.4 Å². The number of aliphatic carboxylic acids is 1. The van der Waals surface area contributed by atoms with Crippen molar-refractivity contribution in [2.24, 2.45) is 5.92 Å². The van der Waals surface area contributed by atoms with Crippen LogP contribution in [0.15, 0.2) is 6.33 Å². The molecule has 0 saturated carbocycles. The van der Waals surface area contributed by atoms with E-state index >= 15 is 0 Å². The molecular weight excluding hydrogens is 258 g/mol. The smallest absolute Gasteiger partial charge is 0.326 e. The third kappa shape index (κ3) is 2.69. The summed E-state index contributed by atoms with van der Waals surface area (Å²) in [5, 5.41) is 9.48. The van der Waals surface area contributed by atoms with Gasteiger partial charge in [0, 0.05) is 6.54 Å². The van der Waals surface area contributed by atoms with Gasteiger partial charge in [-0.15, -0.1) is 0 Å². The number of carboxylic acid groups (broad SMARTS) is 1. The predicted molar refractivity (Wildman–Crippen MR) is 75.1 cm³/mol. The summed E-state index contributed by atoms with van der Waals surface area (Å²) in [5.74, 6) is 0.840. The second kappa shape index (κ2) is 6.07. The molecule has 0 radical (unpaired) electrons. The van der Waals surface area contributed by atoms with Gasteiger partial charge in [-0.3, -0.25) is 0 Å². The number of ether oxygens (including phenoxy) is 1. The Morgan fingerprint density at radius 1 is 1.55 bits per heavy atom. The Hall–Kier alpha value is -1.85. The van der Waals surface area contributed by atoms with Gasteiger partial charge in [-0.05, 0) is 25.7 Å². The molecule has 1 aromatic rings. The molecule has 2 unspecified atom stereocenters. The summed E-state index contributed by atoms with van der Waals surface area (Å²) in [6.45, 7) is 4.67. The van der Waals surface area contributed by atoms with Crippen LogP contribution in [-0.2, 0) is 4.79 Å². The minimum absolute atomic E-state index is 0.469. The van der Waals surface area contributed by atoms with E-state index in [-0.39, 0.29) is 0 Å². The molecule has 1 aromatic heterocycles. The summed E-state index contributed by atoms with van der Waals surface area (Å²) in [6, 6.07) is -0.521. The number of methoxy groups -OCH3 is 1. The molecule has 2 rings (SSSR count). The highest BCUT2D eigenvalue weighted by molar-refractivity contribution is 5.78. The molecule has 0 bridgehead atoms. The minimum Gasteiger partial charge on any atom is -0.481 e. The normalized spacial score (nSPS) is 22.6. The van der Waals surface area contributed by atoms with Gasteiger partial charge in [0.1, 0.15) is 18.2 Å². The summed E-state index contributed by atoms with van der Waals surface area (Å²) in [4.78, 5) is 21.7. The summed E-state index contributed by atoms with van der Waals surface area (Å²) in [6.07, 6.45) is 4.10. The summed E-state index contributed by atoms with van der Waals surface area (Å²) < 4.78 is 5.19. The number of nitrogens with zero attached hydrogens (tertiary/aromatic N) is 3. The first kappa shape index (κ1) is 14.6. The van der Waals surface area contributed by atoms with Crippen molar-refractivity contribution in [1.82, 2.24) is 9.97 Å². The zero-order chi connectivity index (χ0) is 14.7. The molecule has 1 saturated heterocycles. The van der Waals surface area contributed by atoms with E-state index in [4.69, 9.17) is 4.74 Å². The Bertz CT molecular complexity index is 493. The quantitative estimate of drug-likeness (QED) is 0.907. The molecule has 2 heterocycles. The van der Waals surface area contributed by atoms with Crippen LogP contribution in [0.4, 0.5) is 5.82 Å². The van der Waals surface area contributed by atoms with E-state index < -0.39 is 12.0 Å². The third-order valence-electron chi connectivity index (χ3n) is 4.05. The van der Waals surface area contributed by atoms with Gasteiger partial charge in [-0.25, -0.2) is 14.8 Å². The molecule has 0 spiro atoms. The first-order valence-electron chi connectivity index (χ1n) is 6.93. The Morgan fingerprint density at radius 2 is 2.30 bits per heavy atom. The number of rotatable bonds is 4. The SMILES string of the molecule is CCC1CCN(c2ncnc(OC)c2C)C(C(=O)O)C1. The molecule has 110 valence electrons. The molecule has 1 fully saturated rings. The van der Waals surface area contributed by atoms with Crippen molar-refractivity contribution >= 4 is 11.8 Å². The van der Waals surface area contributed by atoms with Crippen LogP contribution >= 0.6 is 0 Å². The fourth-order valence-corrected chi connectivity index (χ4v) is 2.82. The van der Waals surface area contributed by atoms with Crippen molar-refractivity contribution in [3.8, 4) is 5.88 Å². The van der Waals surface area contributed by atoms with Crippen LogP contribution in [0, 0.1) is 12.8 Å². The van der Waals surface area contributed by atoms with Crippen LogP contribution in [0.2, 0.25) is 0 Å². The van der Waals surface area contributed by atoms with E-state index in [9.17, 15) is 9.90 Å². The molecule has 1 aliphatic heterocycles. The number of piperidine rings is 1. The highest BCUT2D eigenvalue weighted by Crippen LogP contribution is 2.32. The van der Waals surface area contributed by atoms with Crippen LogP contribution in [0.3, 0.4) is 0 Å². The lowest BCUT2D eigenvalue weighted by Gasteiger charge is -2.38. The van der Waals surface area contributed by atoms with E-state index in [0.29, 0.717) is 30.6 Å². The Labute approximate surface area is 118 Å². The van der Waals surface area contributed by atoms with Crippen LogP contribution in [0.5, 0.6) is 5.88 Å². The highest BCUT2D eigenvalue weighted by atomic mass is 16.5. The van der Waals surface area contributed by atoms with Gasteiger partial charge in [0.05, 0.1) is 12.7 Å². The van der Waals surface area contributed by atoms with Crippen molar-refractivity contribution in [2.75, 3.05) is 18.6 Å². The number of carbonyl (C=O) groups is 1. The molecule has 6 nitrogen and oxygen atoms in total. The van der Waals surface area contributed by atoms with Gasteiger partial charge in [0.2, 0.25) is 5.88 Å². The maximum absolute atomic E-state index is 11.5. The predicted octanol–water partition coefficient (Wildman–Crippen LogP) is 1.87. The maximum atomic E-state index is 11.5. The Morgan fingerprint density at radius 3 is 2.90 bits per heavy atom. The number of hydrogen-bond donors (Lipinski definition) is 1. The molecule has 2 atom stereocenters. The maximum Gasteiger partial charge on any atom is 0.326 e. The molecule has 20 heavy (non-hydrogen) atoms. The lowest BCUT2D eigenvalue weighted by atomic mass is 9.88. The molecule has 0 aromatic carbocycles. The number of carboxylic acids is 1. The lowest BCUT2D eigenvalue weighted by molar-refractivity contribution is -0.139. The van der Waals surface area contributed by atoms with Crippen LogP contribution < -0.4 is 9.64 Å². The van der Waals surface area contributed by atoms with E-state index in [1.54, 1.807) is 7.11 Å². The Kier molecular flexibility index (Phi) is 4.42. The van der Waals surface area contributed by atoms with Gasteiger partial charge in [-0.1, -0.05) is 13.3 Å². The first-order chi connectivity index (χ1) is 9.58. The summed E-state index contributed by atoms with van der Waals surface area (Å²) in [5.41, 5.74) is 0.788. The minimum atomic E-state index is -0.792.